The van der Waals surface area contributed by atoms with Gasteiger partial charge >= 0.3 is 0 Å². The second-order valence-electron chi connectivity index (χ2n) is 4.07. The largest absolute Gasteiger partial charge is 0.384 e. The van der Waals surface area contributed by atoms with Crippen LogP contribution in [0.1, 0.15) is 25.0 Å². The maximum Gasteiger partial charge on any atom is 0.104 e. The Hall–Kier alpha value is -1.30. The molecule has 0 aliphatic carbocycles. The predicted octanol–water partition coefficient (Wildman–Crippen LogP) is 2.20. The molecule has 0 bridgehead atoms. The van der Waals surface area contributed by atoms with Crippen LogP contribution in [0.25, 0.3) is 0 Å². The van der Waals surface area contributed by atoms with Gasteiger partial charge in [-0.3, -0.25) is 0 Å². The van der Waals surface area contributed by atoms with Gasteiger partial charge in [0.15, 0.2) is 0 Å². The van der Waals surface area contributed by atoms with E-state index in [-0.39, 0.29) is 6.61 Å². The van der Waals surface area contributed by atoms with Crippen LogP contribution in [0.2, 0.25) is 0 Å². The molecule has 1 rings (SSSR count). The highest BCUT2D eigenvalue weighted by atomic mass is 16.5. The number of hydrogen-bond acceptors (Lipinski definition) is 2. The minimum absolute atomic E-state index is 0.103. The maximum absolute atomic E-state index is 8.60. The highest BCUT2D eigenvalue weighted by Gasteiger charge is 1.96. The van der Waals surface area contributed by atoms with E-state index in [9.17, 15) is 0 Å². The monoisotopic (exact) mass is 218 g/mol. The molecule has 16 heavy (non-hydrogen) atoms. The van der Waals surface area contributed by atoms with Gasteiger partial charge in [0.2, 0.25) is 0 Å². The van der Waals surface area contributed by atoms with E-state index in [1.807, 2.05) is 24.3 Å². The average molecular weight is 218 g/mol. The van der Waals surface area contributed by atoms with Crippen molar-refractivity contribution in [2.24, 2.45) is 5.92 Å². The summed E-state index contributed by atoms with van der Waals surface area (Å²) in [6, 6.07) is 7.89. The quantitative estimate of drug-likeness (QED) is 0.785. The Kier molecular flexibility index (Phi) is 5.63. The Bertz CT molecular complexity index is 372. The number of ether oxygens (including phenoxy) is 1. The van der Waals surface area contributed by atoms with E-state index >= 15 is 0 Å². The van der Waals surface area contributed by atoms with Gasteiger partial charge in [0.1, 0.15) is 6.61 Å². The van der Waals surface area contributed by atoms with Gasteiger partial charge in [-0.15, -0.1) is 0 Å². The molecule has 1 aromatic rings. The van der Waals surface area contributed by atoms with E-state index in [1.54, 1.807) is 0 Å². The second kappa shape index (κ2) is 7.05. The smallest absolute Gasteiger partial charge is 0.104 e. The van der Waals surface area contributed by atoms with Gasteiger partial charge in [-0.2, -0.15) is 0 Å². The van der Waals surface area contributed by atoms with Crippen LogP contribution in [0.3, 0.4) is 0 Å². The highest BCUT2D eigenvalue weighted by molar-refractivity contribution is 5.36. The Labute approximate surface area is 97.3 Å². The van der Waals surface area contributed by atoms with Crippen molar-refractivity contribution in [3.63, 3.8) is 0 Å². The Morgan fingerprint density at radius 1 is 1.38 bits per heavy atom. The fourth-order valence-electron chi connectivity index (χ4n) is 1.29. The maximum atomic E-state index is 8.60. The van der Waals surface area contributed by atoms with Crippen molar-refractivity contribution in [3.05, 3.63) is 35.4 Å². The lowest BCUT2D eigenvalue weighted by Crippen LogP contribution is -2.01. The SMILES string of the molecule is CC(C)COCc1cccc(C#CCO)c1. The molecular formula is C14H18O2. The van der Waals surface area contributed by atoms with Crippen LogP contribution in [0.4, 0.5) is 0 Å². The molecule has 0 radical (unpaired) electrons. The van der Waals surface area contributed by atoms with Crippen molar-refractivity contribution in [3.8, 4) is 11.8 Å². The molecule has 1 N–H and O–H groups in total. The molecule has 0 fully saturated rings. The average Bonchev–Trinajstić information content (AvgIpc) is 2.26. The number of aliphatic hydroxyl groups excluding tert-OH is 1. The summed E-state index contributed by atoms with van der Waals surface area (Å²) in [6.45, 7) is 5.54. The molecule has 2 nitrogen and oxygen atoms in total. The molecule has 0 unspecified atom stereocenters. The molecule has 0 aliphatic heterocycles. The molecule has 0 aromatic heterocycles. The first-order chi connectivity index (χ1) is 7.72. The van der Waals surface area contributed by atoms with Crippen molar-refractivity contribution in [1.82, 2.24) is 0 Å². The zero-order chi connectivity index (χ0) is 11.8. The molecule has 0 saturated heterocycles. The lowest BCUT2D eigenvalue weighted by Gasteiger charge is -2.06. The zero-order valence-electron chi connectivity index (χ0n) is 9.86. The minimum Gasteiger partial charge on any atom is -0.384 e. The Balaban J connectivity index is 2.54. The minimum atomic E-state index is -0.103. The van der Waals surface area contributed by atoms with E-state index in [1.165, 1.54) is 0 Å². The van der Waals surface area contributed by atoms with E-state index < -0.39 is 0 Å². The second-order valence-corrected chi connectivity index (χ2v) is 4.07. The molecule has 0 amide bonds. The van der Waals surface area contributed by atoms with E-state index in [4.69, 9.17) is 9.84 Å². The molecule has 0 atom stereocenters. The van der Waals surface area contributed by atoms with Crippen molar-refractivity contribution in [2.45, 2.75) is 20.5 Å². The van der Waals surface area contributed by atoms with E-state index in [2.05, 4.69) is 25.7 Å². The Morgan fingerprint density at radius 2 is 2.19 bits per heavy atom. The van der Waals surface area contributed by atoms with Gasteiger partial charge in [-0.1, -0.05) is 37.8 Å². The number of aliphatic hydroxyl groups is 1. The molecule has 0 heterocycles. The van der Waals surface area contributed by atoms with Crippen molar-refractivity contribution < 1.29 is 9.84 Å². The predicted molar refractivity (Wildman–Crippen MR) is 64.9 cm³/mol. The van der Waals surface area contributed by atoms with Crippen molar-refractivity contribution in [1.29, 1.82) is 0 Å². The topological polar surface area (TPSA) is 29.5 Å². The molecule has 0 aliphatic rings. The van der Waals surface area contributed by atoms with Gasteiger partial charge in [0.05, 0.1) is 6.61 Å². The first-order valence-corrected chi connectivity index (χ1v) is 5.49. The van der Waals surface area contributed by atoms with Gasteiger partial charge in [-0.25, -0.2) is 0 Å². The summed E-state index contributed by atoms with van der Waals surface area (Å²) in [6.07, 6.45) is 0. The number of benzene rings is 1. The lowest BCUT2D eigenvalue weighted by atomic mass is 10.1. The molecule has 0 spiro atoms. The van der Waals surface area contributed by atoms with Crippen LogP contribution >= 0.6 is 0 Å². The standard InChI is InChI=1S/C14H18O2/c1-12(2)10-16-11-14-6-3-5-13(9-14)7-4-8-15/h3,5-6,9,12,15H,8,10-11H2,1-2H3. The fraction of sp³-hybridized carbons (Fsp3) is 0.429. The number of hydrogen-bond donors (Lipinski definition) is 1. The van der Waals surface area contributed by atoms with Crippen LogP contribution in [0.5, 0.6) is 0 Å². The van der Waals surface area contributed by atoms with Crippen LogP contribution in [-0.2, 0) is 11.3 Å². The summed E-state index contributed by atoms with van der Waals surface area (Å²) in [5.74, 6) is 6.06. The van der Waals surface area contributed by atoms with Gasteiger partial charge in [-0.05, 0) is 23.6 Å². The van der Waals surface area contributed by atoms with Crippen LogP contribution in [-0.4, -0.2) is 18.3 Å². The van der Waals surface area contributed by atoms with E-state index in [0.717, 1.165) is 17.7 Å². The summed E-state index contributed by atoms with van der Waals surface area (Å²) >= 11 is 0. The van der Waals surface area contributed by atoms with Gasteiger partial charge < -0.3 is 9.84 Å². The van der Waals surface area contributed by atoms with Crippen molar-refractivity contribution in [2.75, 3.05) is 13.2 Å². The van der Waals surface area contributed by atoms with Gasteiger partial charge in [0.25, 0.3) is 0 Å². The normalized spacial score (nSPS) is 10.0. The summed E-state index contributed by atoms with van der Waals surface area (Å²) in [7, 11) is 0. The fourth-order valence-corrected chi connectivity index (χ4v) is 1.29. The zero-order valence-corrected chi connectivity index (χ0v) is 9.86. The third-order valence-corrected chi connectivity index (χ3v) is 1.96. The van der Waals surface area contributed by atoms with Crippen LogP contribution in [0.15, 0.2) is 24.3 Å². The number of rotatable bonds is 4. The first-order valence-electron chi connectivity index (χ1n) is 5.49. The van der Waals surface area contributed by atoms with E-state index in [0.29, 0.717) is 12.5 Å². The summed E-state index contributed by atoms with van der Waals surface area (Å²) in [4.78, 5) is 0. The summed E-state index contributed by atoms with van der Waals surface area (Å²) in [5, 5.41) is 8.60. The third kappa shape index (κ3) is 4.97. The lowest BCUT2D eigenvalue weighted by molar-refractivity contribution is 0.0971. The van der Waals surface area contributed by atoms with Crippen LogP contribution in [0, 0.1) is 17.8 Å². The molecule has 1 aromatic carbocycles. The highest BCUT2D eigenvalue weighted by Crippen LogP contribution is 2.06. The molecule has 2 heteroatoms. The van der Waals surface area contributed by atoms with Crippen molar-refractivity contribution >= 4 is 0 Å². The molecular weight excluding hydrogens is 200 g/mol. The molecule has 86 valence electrons. The third-order valence-electron chi connectivity index (χ3n) is 1.96. The Morgan fingerprint density at radius 3 is 2.88 bits per heavy atom. The summed E-state index contributed by atoms with van der Waals surface area (Å²) < 4.78 is 5.54. The van der Waals surface area contributed by atoms with Gasteiger partial charge in [0, 0.05) is 12.2 Å². The summed E-state index contributed by atoms with van der Waals surface area (Å²) in [5.41, 5.74) is 2.03. The molecule has 0 saturated carbocycles. The van der Waals surface area contributed by atoms with Crippen LogP contribution < -0.4 is 0 Å². The first kappa shape index (κ1) is 12.8.